The number of nitrogens with zero attached hydrogens (tertiary/aromatic N) is 1. The summed E-state index contributed by atoms with van der Waals surface area (Å²) in [5, 5.41) is 0. The lowest BCUT2D eigenvalue weighted by molar-refractivity contribution is -0.134. The van der Waals surface area contributed by atoms with Gasteiger partial charge in [-0.05, 0) is 44.2 Å². The van der Waals surface area contributed by atoms with E-state index in [1.807, 2.05) is 17.3 Å². The number of hydrogen-bond donors (Lipinski definition) is 2. The van der Waals surface area contributed by atoms with Crippen molar-refractivity contribution < 1.29 is 4.79 Å². The summed E-state index contributed by atoms with van der Waals surface area (Å²) >= 11 is 0. The molecule has 1 saturated heterocycles. The topological polar surface area (TPSA) is 62.1 Å². The van der Waals surface area contributed by atoms with Crippen molar-refractivity contribution in [2.24, 2.45) is 5.73 Å². The molecule has 1 atom stereocenters. The van der Waals surface area contributed by atoms with Gasteiger partial charge in [0.25, 0.3) is 0 Å². The lowest BCUT2D eigenvalue weighted by Gasteiger charge is -2.34. The van der Waals surface area contributed by atoms with Crippen molar-refractivity contribution in [2.45, 2.75) is 44.6 Å². The Kier molecular flexibility index (Phi) is 4.07. The fourth-order valence-corrected chi connectivity index (χ4v) is 2.75. The van der Waals surface area contributed by atoms with Crippen molar-refractivity contribution in [3.05, 3.63) is 24.0 Å². The second kappa shape index (κ2) is 5.57. The van der Waals surface area contributed by atoms with E-state index in [2.05, 4.69) is 18.0 Å². The first kappa shape index (κ1) is 13.1. The predicted molar refractivity (Wildman–Crippen MR) is 72.1 cm³/mol. The summed E-state index contributed by atoms with van der Waals surface area (Å²) in [6.45, 7) is 3.54. The standard InChI is InChI=1S/C14H23N3O/c1-14(11-15)7-3-9-17(14)13(18)5-2-4-12-6-8-16-10-12/h6,8,10,16H,2-5,7,9,11,15H2,1H3. The van der Waals surface area contributed by atoms with Crippen LogP contribution < -0.4 is 5.73 Å². The van der Waals surface area contributed by atoms with Gasteiger partial charge in [-0.25, -0.2) is 0 Å². The van der Waals surface area contributed by atoms with Crippen molar-refractivity contribution in [1.82, 2.24) is 9.88 Å². The zero-order valence-corrected chi connectivity index (χ0v) is 11.1. The third-order valence-electron chi connectivity index (χ3n) is 4.01. The molecule has 2 rings (SSSR count). The molecule has 1 aromatic heterocycles. The Bertz CT molecular complexity index is 388. The zero-order valence-electron chi connectivity index (χ0n) is 11.1. The molecular formula is C14H23N3O. The number of H-pyrrole nitrogens is 1. The Labute approximate surface area is 109 Å². The third kappa shape index (κ3) is 2.75. The summed E-state index contributed by atoms with van der Waals surface area (Å²) < 4.78 is 0. The molecule has 4 heteroatoms. The van der Waals surface area contributed by atoms with E-state index in [0.717, 1.165) is 32.2 Å². The van der Waals surface area contributed by atoms with Crippen LogP contribution in [0.4, 0.5) is 0 Å². The minimum atomic E-state index is -0.106. The lowest BCUT2D eigenvalue weighted by Crippen LogP contribution is -2.49. The highest BCUT2D eigenvalue weighted by Gasteiger charge is 2.37. The molecule has 4 nitrogen and oxygen atoms in total. The molecule has 1 fully saturated rings. The molecule has 2 heterocycles. The molecule has 3 N–H and O–H groups in total. The quantitative estimate of drug-likeness (QED) is 0.834. The number of carbonyl (C=O) groups is 1. The summed E-state index contributed by atoms with van der Waals surface area (Å²) in [7, 11) is 0. The van der Waals surface area contributed by atoms with Crippen LogP contribution >= 0.6 is 0 Å². The van der Waals surface area contributed by atoms with Crippen LogP contribution in [-0.2, 0) is 11.2 Å². The predicted octanol–water partition coefficient (Wildman–Crippen LogP) is 1.68. The van der Waals surface area contributed by atoms with E-state index in [-0.39, 0.29) is 11.4 Å². The van der Waals surface area contributed by atoms with E-state index in [9.17, 15) is 4.79 Å². The second-order valence-electron chi connectivity index (χ2n) is 5.42. The number of carbonyl (C=O) groups excluding carboxylic acids is 1. The van der Waals surface area contributed by atoms with Gasteiger partial charge in [-0.15, -0.1) is 0 Å². The SMILES string of the molecule is CC1(CN)CCCN1C(=O)CCCc1cc[nH]c1. The van der Waals surface area contributed by atoms with Gasteiger partial charge in [0.2, 0.25) is 5.91 Å². The maximum absolute atomic E-state index is 12.2. The summed E-state index contributed by atoms with van der Waals surface area (Å²) in [4.78, 5) is 17.2. The third-order valence-corrected chi connectivity index (χ3v) is 4.01. The molecule has 0 aliphatic carbocycles. The maximum atomic E-state index is 12.2. The van der Waals surface area contributed by atoms with Crippen LogP contribution in [0.25, 0.3) is 0 Å². The van der Waals surface area contributed by atoms with Crippen molar-refractivity contribution >= 4 is 5.91 Å². The zero-order chi connectivity index (χ0) is 13.0. The number of nitrogens with two attached hydrogens (primary N) is 1. The van der Waals surface area contributed by atoms with Gasteiger partial charge in [0.1, 0.15) is 0 Å². The van der Waals surface area contributed by atoms with Gasteiger partial charge in [-0.2, -0.15) is 0 Å². The fourth-order valence-electron chi connectivity index (χ4n) is 2.75. The van der Waals surface area contributed by atoms with E-state index >= 15 is 0 Å². The largest absolute Gasteiger partial charge is 0.367 e. The average Bonchev–Trinajstić information content (AvgIpc) is 2.99. The van der Waals surface area contributed by atoms with Gasteiger partial charge >= 0.3 is 0 Å². The molecule has 1 aliphatic heterocycles. The van der Waals surface area contributed by atoms with Gasteiger partial charge in [0.15, 0.2) is 0 Å². The molecule has 100 valence electrons. The highest BCUT2D eigenvalue weighted by molar-refractivity contribution is 5.77. The molecule has 1 unspecified atom stereocenters. The second-order valence-corrected chi connectivity index (χ2v) is 5.42. The van der Waals surface area contributed by atoms with E-state index in [4.69, 9.17) is 5.73 Å². The highest BCUT2D eigenvalue weighted by Crippen LogP contribution is 2.28. The van der Waals surface area contributed by atoms with Gasteiger partial charge in [-0.1, -0.05) is 0 Å². The molecule has 18 heavy (non-hydrogen) atoms. The number of nitrogens with one attached hydrogen (secondary N) is 1. The molecule has 0 spiro atoms. The lowest BCUT2D eigenvalue weighted by atomic mass is 9.99. The molecule has 0 radical (unpaired) electrons. The van der Waals surface area contributed by atoms with Crippen LogP contribution in [0.15, 0.2) is 18.5 Å². The Morgan fingerprint density at radius 2 is 2.44 bits per heavy atom. The number of rotatable bonds is 5. The van der Waals surface area contributed by atoms with Crippen LogP contribution in [0.5, 0.6) is 0 Å². The number of likely N-dealkylation sites (tertiary alicyclic amines) is 1. The van der Waals surface area contributed by atoms with Gasteiger partial charge in [0, 0.05) is 31.9 Å². The van der Waals surface area contributed by atoms with E-state index in [1.165, 1.54) is 5.56 Å². The molecule has 0 bridgehead atoms. The Morgan fingerprint density at radius 1 is 1.61 bits per heavy atom. The van der Waals surface area contributed by atoms with Crippen LogP contribution in [0.1, 0.15) is 38.2 Å². The summed E-state index contributed by atoms with van der Waals surface area (Å²) in [6, 6.07) is 2.06. The first-order chi connectivity index (χ1) is 8.65. The van der Waals surface area contributed by atoms with Gasteiger partial charge < -0.3 is 15.6 Å². The summed E-state index contributed by atoms with van der Waals surface area (Å²) in [6.07, 6.45) is 8.52. The Balaban J connectivity index is 1.81. The molecule has 0 aromatic carbocycles. The Hall–Kier alpha value is -1.29. The van der Waals surface area contributed by atoms with Crippen molar-refractivity contribution in [3.63, 3.8) is 0 Å². The number of aryl methyl sites for hydroxylation is 1. The van der Waals surface area contributed by atoms with E-state index in [0.29, 0.717) is 13.0 Å². The van der Waals surface area contributed by atoms with Crippen LogP contribution in [0, 0.1) is 0 Å². The minimum absolute atomic E-state index is 0.106. The maximum Gasteiger partial charge on any atom is 0.223 e. The normalized spacial score (nSPS) is 23.6. The first-order valence-electron chi connectivity index (χ1n) is 6.78. The molecular weight excluding hydrogens is 226 g/mol. The van der Waals surface area contributed by atoms with Crippen molar-refractivity contribution in [2.75, 3.05) is 13.1 Å². The molecule has 1 aromatic rings. The monoisotopic (exact) mass is 249 g/mol. The van der Waals surface area contributed by atoms with Gasteiger partial charge in [0.05, 0.1) is 5.54 Å². The van der Waals surface area contributed by atoms with Crippen LogP contribution in [0.3, 0.4) is 0 Å². The smallest absolute Gasteiger partial charge is 0.223 e. The first-order valence-corrected chi connectivity index (χ1v) is 6.78. The molecule has 1 aliphatic rings. The molecule has 0 saturated carbocycles. The average molecular weight is 249 g/mol. The summed E-state index contributed by atoms with van der Waals surface area (Å²) in [5.41, 5.74) is 6.97. The number of aromatic amines is 1. The van der Waals surface area contributed by atoms with E-state index < -0.39 is 0 Å². The van der Waals surface area contributed by atoms with E-state index in [1.54, 1.807) is 0 Å². The summed E-state index contributed by atoms with van der Waals surface area (Å²) in [5.74, 6) is 0.260. The van der Waals surface area contributed by atoms with Crippen molar-refractivity contribution in [1.29, 1.82) is 0 Å². The number of hydrogen-bond acceptors (Lipinski definition) is 2. The highest BCUT2D eigenvalue weighted by atomic mass is 16.2. The number of amides is 1. The van der Waals surface area contributed by atoms with Crippen LogP contribution in [-0.4, -0.2) is 34.4 Å². The minimum Gasteiger partial charge on any atom is -0.367 e. The van der Waals surface area contributed by atoms with Crippen LogP contribution in [0.2, 0.25) is 0 Å². The van der Waals surface area contributed by atoms with Gasteiger partial charge in [-0.3, -0.25) is 4.79 Å². The van der Waals surface area contributed by atoms with Crippen molar-refractivity contribution in [3.8, 4) is 0 Å². The number of aromatic nitrogens is 1. The fraction of sp³-hybridized carbons (Fsp3) is 0.643. The molecule has 1 amide bonds. The Morgan fingerprint density at radius 3 is 3.11 bits per heavy atom.